The minimum atomic E-state index is 0.727. The molecular weight excluding hydrogens is 272 g/mol. The van der Waals surface area contributed by atoms with E-state index in [0.29, 0.717) is 0 Å². The zero-order chi connectivity index (χ0) is 10.7. The van der Waals surface area contributed by atoms with E-state index in [2.05, 4.69) is 21.2 Å². The van der Waals surface area contributed by atoms with Crippen LogP contribution in [0.4, 0.5) is 0 Å². The zero-order valence-electron chi connectivity index (χ0n) is 9.05. The third-order valence-electron chi connectivity index (χ3n) is 2.96. The first-order valence-corrected chi connectivity index (χ1v) is 7.22. The summed E-state index contributed by atoms with van der Waals surface area (Å²) in [4.78, 5) is 4.73. The first kappa shape index (κ1) is 11.6. The maximum atomic E-state index is 4.73. The molecule has 1 aromatic rings. The maximum Gasteiger partial charge on any atom is 0.0971 e. The van der Waals surface area contributed by atoms with Crippen LogP contribution in [-0.4, -0.2) is 12.0 Å². The lowest BCUT2D eigenvalue weighted by atomic mass is 9.90. The summed E-state index contributed by atoms with van der Waals surface area (Å²) in [5.74, 6) is 0.727. The van der Waals surface area contributed by atoms with Gasteiger partial charge >= 0.3 is 0 Å². The number of rotatable bonds is 3. The Morgan fingerprint density at radius 1 is 1.40 bits per heavy atom. The quantitative estimate of drug-likeness (QED) is 0.918. The van der Waals surface area contributed by atoms with Gasteiger partial charge in [0.1, 0.15) is 0 Å². The molecule has 1 aliphatic rings. The molecule has 84 valence electrons. The summed E-state index contributed by atoms with van der Waals surface area (Å²) >= 11 is 5.43. The predicted molar refractivity (Wildman–Crippen MR) is 68.4 cm³/mol. The van der Waals surface area contributed by atoms with Gasteiger partial charge in [-0.1, -0.05) is 19.3 Å². The Hall–Kier alpha value is 0.0700. The Kier molecular flexibility index (Phi) is 4.17. The van der Waals surface area contributed by atoms with Gasteiger partial charge in [-0.05, 0) is 35.8 Å². The summed E-state index contributed by atoms with van der Waals surface area (Å²) in [6.45, 7) is 0.865. The minimum Gasteiger partial charge on any atom is -0.314 e. The molecule has 0 saturated heterocycles. The predicted octanol–water partition coefficient (Wildman–Crippen LogP) is 3.67. The largest absolute Gasteiger partial charge is 0.314 e. The van der Waals surface area contributed by atoms with Crippen LogP contribution in [0.15, 0.2) is 3.79 Å². The van der Waals surface area contributed by atoms with Crippen molar-refractivity contribution in [1.29, 1.82) is 0 Å². The molecule has 2 nitrogen and oxygen atoms in total. The van der Waals surface area contributed by atoms with E-state index in [1.54, 1.807) is 0 Å². The molecule has 1 aromatic heterocycles. The fourth-order valence-corrected chi connectivity index (χ4v) is 3.85. The number of nitrogens with zero attached hydrogens (tertiary/aromatic N) is 1. The van der Waals surface area contributed by atoms with Gasteiger partial charge in [0.2, 0.25) is 0 Å². The lowest BCUT2D eigenvalue weighted by Crippen LogP contribution is -2.07. The Labute approximate surface area is 104 Å². The molecule has 4 heteroatoms. The number of hydrogen-bond donors (Lipinski definition) is 1. The average molecular weight is 289 g/mol. The van der Waals surface area contributed by atoms with Crippen LogP contribution in [0.3, 0.4) is 0 Å². The average Bonchev–Trinajstić information content (AvgIpc) is 2.63. The summed E-state index contributed by atoms with van der Waals surface area (Å²) < 4.78 is 1.21. The van der Waals surface area contributed by atoms with Crippen LogP contribution in [0.2, 0.25) is 0 Å². The van der Waals surface area contributed by atoms with E-state index in [0.717, 1.165) is 12.5 Å². The number of halogens is 1. The molecule has 0 unspecified atom stereocenters. The molecule has 0 spiro atoms. The van der Waals surface area contributed by atoms with Crippen molar-refractivity contribution in [3.05, 3.63) is 14.5 Å². The molecule has 1 fully saturated rings. The third-order valence-corrected chi connectivity index (χ3v) is 4.96. The zero-order valence-corrected chi connectivity index (χ0v) is 11.5. The van der Waals surface area contributed by atoms with E-state index in [-0.39, 0.29) is 0 Å². The highest BCUT2D eigenvalue weighted by Gasteiger charge is 2.20. The number of hydrogen-bond acceptors (Lipinski definition) is 3. The van der Waals surface area contributed by atoms with Crippen LogP contribution in [0, 0.1) is 0 Å². The van der Waals surface area contributed by atoms with Gasteiger partial charge < -0.3 is 5.32 Å². The molecule has 1 aliphatic carbocycles. The summed E-state index contributed by atoms with van der Waals surface area (Å²) in [5, 5.41) is 4.49. The Balaban J connectivity index is 2.10. The molecule has 0 radical (unpaired) electrons. The fraction of sp³-hybridized carbons (Fsp3) is 0.727. The van der Waals surface area contributed by atoms with Crippen molar-refractivity contribution in [3.8, 4) is 0 Å². The highest BCUT2D eigenvalue weighted by Crippen LogP contribution is 2.37. The highest BCUT2D eigenvalue weighted by molar-refractivity contribution is 9.11. The summed E-state index contributed by atoms with van der Waals surface area (Å²) in [7, 11) is 1.96. The topological polar surface area (TPSA) is 24.9 Å². The van der Waals surface area contributed by atoms with Gasteiger partial charge in [-0.2, -0.15) is 0 Å². The Bertz CT molecular complexity index is 318. The van der Waals surface area contributed by atoms with Crippen molar-refractivity contribution >= 4 is 27.3 Å². The molecule has 1 saturated carbocycles. The minimum absolute atomic E-state index is 0.727. The van der Waals surface area contributed by atoms with Gasteiger partial charge in [0.25, 0.3) is 0 Å². The van der Waals surface area contributed by atoms with E-state index >= 15 is 0 Å². The van der Waals surface area contributed by atoms with Gasteiger partial charge in [-0.25, -0.2) is 4.98 Å². The van der Waals surface area contributed by atoms with Gasteiger partial charge in [-0.3, -0.25) is 0 Å². The smallest absolute Gasteiger partial charge is 0.0971 e. The van der Waals surface area contributed by atoms with Crippen LogP contribution in [-0.2, 0) is 6.54 Å². The molecule has 0 bridgehead atoms. The standard InChI is InChI=1S/C11H17BrN2S/c1-13-7-9-10(12)15-11(14-9)8-5-3-2-4-6-8/h8,13H,2-7H2,1H3. The van der Waals surface area contributed by atoms with Crippen molar-refractivity contribution in [3.63, 3.8) is 0 Å². The van der Waals surface area contributed by atoms with Crippen LogP contribution in [0.25, 0.3) is 0 Å². The number of aromatic nitrogens is 1. The summed E-state index contributed by atoms with van der Waals surface area (Å²) in [6.07, 6.45) is 6.83. The van der Waals surface area contributed by atoms with E-state index < -0.39 is 0 Å². The van der Waals surface area contributed by atoms with Crippen LogP contribution in [0.5, 0.6) is 0 Å². The molecular formula is C11H17BrN2S. The molecule has 1 heterocycles. The van der Waals surface area contributed by atoms with Crippen molar-refractivity contribution in [2.24, 2.45) is 0 Å². The molecule has 0 atom stereocenters. The number of nitrogens with one attached hydrogen (secondary N) is 1. The second-order valence-corrected chi connectivity index (χ2v) is 6.49. The van der Waals surface area contributed by atoms with Crippen molar-refractivity contribution < 1.29 is 0 Å². The van der Waals surface area contributed by atoms with Crippen LogP contribution < -0.4 is 5.32 Å². The Morgan fingerprint density at radius 2 is 2.13 bits per heavy atom. The highest BCUT2D eigenvalue weighted by atomic mass is 79.9. The molecule has 0 amide bonds. The second kappa shape index (κ2) is 5.41. The van der Waals surface area contributed by atoms with Crippen LogP contribution >= 0.6 is 27.3 Å². The number of thiazole rings is 1. The van der Waals surface area contributed by atoms with Gasteiger partial charge in [-0.15, -0.1) is 11.3 Å². The maximum absolute atomic E-state index is 4.73. The SMILES string of the molecule is CNCc1nc(C2CCCCC2)sc1Br. The van der Waals surface area contributed by atoms with E-state index in [9.17, 15) is 0 Å². The van der Waals surface area contributed by atoms with Crippen molar-refractivity contribution in [1.82, 2.24) is 10.3 Å². The normalized spacial score (nSPS) is 18.3. The van der Waals surface area contributed by atoms with Gasteiger partial charge in [0.15, 0.2) is 0 Å². The molecule has 1 N–H and O–H groups in total. The molecule has 0 aromatic carbocycles. The fourth-order valence-electron chi connectivity index (χ4n) is 2.15. The van der Waals surface area contributed by atoms with Crippen LogP contribution in [0.1, 0.15) is 48.7 Å². The lowest BCUT2D eigenvalue weighted by molar-refractivity contribution is 0.442. The Morgan fingerprint density at radius 3 is 2.80 bits per heavy atom. The molecule has 0 aliphatic heterocycles. The summed E-state index contributed by atoms with van der Waals surface area (Å²) in [5.41, 5.74) is 1.17. The lowest BCUT2D eigenvalue weighted by Gasteiger charge is -2.18. The first-order chi connectivity index (χ1) is 7.31. The van der Waals surface area contributed by atoms with Gasteiger partial charge in [0.05, 0.1) is 14.5 Å². The monoisotopic (exact) mass is 288 g/mol. The van der Waals surface area contributed by atoms with Gasteiger partial charge in [0, 0.05) is 12.5 Å². The van der Waals surface area contributed by atoms with E-state index in [4.69, 9.17) is 4.98 Å². The van der Waals surface area contributed by atoms with Crippen molar-refractivity contribution in [2.45, 2.75) is 44.6 Å². The second-order valence-electron chi connectivity index (χ2n) is 4.14. The third kappa shape index (κ3) is 2.80. The summed E-state index contributed by atoms with van der Waals surface area (Å²) in [6, 6.07) is 0. The van der Waals surface area contributed by atoms with Crippen molar-refractivity contribution in [2.75, 3.05) is 7.05 Å². The first-order valence-electron chi connectivity index (χ1n) is 5.61. The van der Waals surface area contributed by atoms with E-state index in [1.807, 2.05) is 18.4 Å². The molecule has 15 heavy (non-hydrogen) atoms. The molecule has 2 rings (SSSR count). The van der Waals surface area contributed by atoms with E-state index in [1.165, 1.54) is 46.6 Å².